The zero-order chi connectivity index (χ0) is 7.23. The molecule has 1 aromatic heterocycles. The van der Waals surface area contributed by atoms with E-state index in [1.807, 2.05) is 16.9 Å². The minimum atomic E-state index is 0.833. The maximum Gasteiger partial charge on any atom is 0.0489 e. The van der Waals surface area contributed by atoms with Crippen LogP contribution >= 0.6 is 0 Å². The molecule has 4 nitrogen and oxygen atoms in total. The van der Waals surface area contributed by atoms with E-state index in [0.717, 1.165) is 19.5 Å². The molecule has 0 radical (unpaired) electrons. The molecule has 0 aliphatic carbocycles. The van der Waals surface area contributed by atoms with Crippen LogP contribution in [0.5, 0.6) is 0 Å². The Bertz CT molecular complexity index is 158. The zero-order valence-corrected chi connectivity index (χ0v) is 5.83. The van der Waals surface area contributed by atoms with Crippen LogP contribution in [-0.4, -0.2) is 16.3 Å². The van der Waals surface area contributed by atoms with Gasteiger partial charge < -0.3 is 0 Å². The third kappa shape index (κ3) is 2.16. The van der Waals surface area contributed by atoms with Gasteiger partial charge in [0.15, 0.2) is 0 Å². The molecule has 0 fully saturated rings. The number of hydrazine groups is 1. The normalized spacial score (nSPS) is 10.1. The van der Waals surface area contributed by atoms with Crippen molar-refractivity contribution in [3.63, 3.8) is 0 Å². The number of aryl methyl sites for hydroxylation is 1. The van der Waals surface area contributed by atoms with Crippen molar-refractivity contribution in [2.24, 2.45) is 5.84 Å². The lowest BCUT2D eigenvalue weighted by atomic mass is 10.4. The average Bonchev–Trinajstić information content (AvgIpc) is 2.41. The number of nitrogens with one attached hydrogen (secondary N) is 1. The number of hydrogen-bond donors (Lipinski definition) is 2. The first kappa shape index (κ1) is 7.24. The van der Waals surface area contributed by atoms with Crippen LogP contribution in [0.15, 0.2) is 18.5 Å². The van der Waals surface area contributed by atoms with Crippen molar-refractivity contribution in [2.75, 3.05) is 6.54 Å². The second kappa shape index (κ2) is 4.03. The third-order valence-electron chi connectivity index (χ3n) is 1.27. The van der Waals surface area contributed by atoms with E-state index in [4.69, 9.17) is 5.84 Å². The summed E-state index contributed by atoms with van der Waals surface area (Å²) in [5.74, 6) is 5.09. The average molecular weight is 140 g/mol. The summed E-state index contributed by atoms with van der Waals surface area (Å²) < 4.78 is 1.89. The fourth-order valence-electron chi connectivity index (χ4n) is 0.776. The van der Waals surface area contributed by atoms with Crippen molar-refractivity contribution >= 4 is 0 Å². The Morgan fingerprint density at radius 1 is 1.60 bits per heavy atom. The van der Waals surface area contributed by atoms with Crippen LogP contribution in [0.3, 0.4) is 0 Å². The van der Waals surface area contributed by atoms with Gasteiger partial charge in [-0.15, -0.1) is 0 Å². The van der Waals surface area contributed by atoms with Crippen LogP contribution in [0.4, 0.5) is 0 Å². The standard InChI is InChI=1S/C6H12N4/c7-8-3-1-5-10-6-2-4-9-10/h2,4,6,8H,1,3,5,7H2. The molecular weight excluding hydrogens is 128 g/mol. The quantitative estimate of drug-likeness (QED) is 0.344. The molecule has 0 aliphatic heterocycles. The second-order valence-electron chi connectivity index (χ2n) is 2.08. The highest BCUT2D eigenvalue weighted by Crippen LogP contribution is 1.86. The molecule has 0 saturated heterocycles. The highest BCUT2D eigenvalue weighted by molar-refractivity contribution is 4.77. The van der Waals surface area contributed by atoms with Gasteiger partial charge in [0.1, 0.15) is 0 Å². The Labute approximate surface area is 60.0 Å². The number of rotatable bonds is 4. The van der Waals surface area contributed by atoms with E-state index in [-0.39, 0.29) is 0 Å². The van der Waals surface area contributed by atoms with E-state index in [1.165, 1.54) is 0 Å². The molecule has 0 amide bonds. The first-order valence-corrected chi connectivity index (χ1v) is 3.34. The predicted octanol–water partition coefficient (Wildman–Crippen LogP) is -0.264. The van der Waals surface area contributed by atoms with Crippen LogP contribution in [-0.2, 0) is 6.54 Å². The van der Waals surface area contributed by atoms with Crippen molar-refractivity contribution in [3.05, 3.63) is 18.5 Å². The smallest absolute Gasteiger partial charge is 0.0489 e. The summed E-state index contributed by atoms with van der Waals surface area (Å²) in [5, 5.41) is 4.04. The van der Waals surface area contributed by atoms with E-state index in [2.05, 4.69) is 10.5 Å². The van der Waals surface area contributed by atoms with Gasteiger partial charge in [-0.05, 0) is 12.5 Å². The third-order valence-corrected chi connectivity index (χ3v) is 1.27. The fraction of sp³-hybridized carbons (Fsp3) is 0.500. The fourth-order valence-corrected chi connectivity index (χ4v) is 0.776. The molecule has 4 heteroatoms. The SMILES string of the molecule is NNCCCn1cccn1. The molecular formula is C6H12N4. The van der Waals surface area contributed by atoms with Gasteiger partial charge in [0.2, 0.25) is 0 Å². The largest absolute Gasteiger partial charge is 0.273 e. The lowest BCUT2D eigenvalue weighted by molar-refractivity contribution is 0.551. The zero-order valence-electron chi connectivity index (χ0n) is 5.83. The van der Waals surface area contributed by atoms with Crippen molar-refractivity contribution in [3.8, 4) is 0 Å². The molecule has 1 heterocycles. The van der Waals surface area contributed by atoms with Crippen LogP contribution < -0.4 is 11.3 Å². The van der Waals surface area contributed by atoms with Crippen molar-refractivity contribution in [1.29, 1.82) is 0 Å². The van der Waals surface area contributed by atoms with Crippen LogP contribution in [0.1, 0.15) is 6.42 Å². The topological polar surface area (TPSA) is 55.9 Å². The number of hydrogen-bond acceptors (Lipinski definition) is 3. The van der Waals surface area contributed by atoms with Crippen LogP contribution in [0.25, 0.3) is 0 Å². The Kier molecular flexibility index (Phi) is 2.92. The molecule has 0 aliphatic rings. The number of aromatic nitrogens is 2. The van der Waals surface area contributed by atoms with Crippen molar-refractivity contribution < 1.29 is 0 Å². The Hall–Kier alpha value is -0.870. The number of nitrogens with zero attached hydrogens (tertiary/aromatic N) is 2. The molecule has 0 aromatic carbocycles. The van der Waals surface area contributed by atoms with E-state index >= 15 is 0 Å². The van der Waals surface area contributed by atoms with Crippen LogP contribution in [0.2, 0.25) is 0 Å². The summed E-state index contributed by atoms with van der Waals surface area (Å²) in [6, 6.07) is 1.91. The molecule has 1 aromatic rings. The van der Waals surface area contributed by atoms with Gasteiger partial charge in [-0.2, -0.15) is 5.10 Å². The molecule has 3 N–H and O–H groups in total. The minimum Gasteiger partial charge on any atom is -0.273 e. The molecule has 0 unspecified atom stereocenters. The maximum absolute atomic E-state index is 5.09. The van der Waals surface area contributed by atoms with Crippen molar-refractivity contribution in [1.82, 2.24) is 15.2 Å². The Morgan fingerprint density at radius 3 is 3.10 bits per heavy atom. The molecule has 0 saturated carbocycles. The van der Waals surface area contributed by atoms with Gasteiger partial charge in [0, 0.05) is 25.5 Å². The summed E-state index contributed by atoms with van der Waals surface area (Å²) in [6.45, 7) is 1.76. The highest BCUT2D eigenvalue weighted by Gasteiger charge is 1.87. The molecule has 0 bridgehead atoms. The Morgan fingerprint density at radius 2 is 2.50 bits per heavy atom. The molecule has 10 heavy (non-hydrogen) atoms. The lowest BCUT2D eigenvalue weighted by Crippen LogP contribution is -2.23. The first-order chi connectivity index (χ1) is 4.93. The van der Waals surface area contributed by atoms with E-state index in [9.17, 15) is 0 Å². The van der Waals surface area contributed by atoms with Gasteiger partial charge in [-0.1, -0.05) is 0 Å². The van der Waals surface area contributed by atoms with Gasteiger partial charge in [0.05, 0.1) is 0 Å². The molecule has 0 spiro atoms. The number of nitrogens with two attached hydrogens (primary N) is 1. The maximum atomic E-state index is 5.09. The van der Waals surface area contributed by atoms with Crippen LogP contribution in [0, 0.1) is 0 Å². The van der Waals surface area contributed by atoms with Gasteiger partial charge in [0.25, 0.3) is 0 Å². The predicted molar refractivity (Wildman–Crippen MR) is 39.0 cm³/mol. The van der Waals surface area contributed by atoms with E-state index in [0.29, 0.717) is 0 Å². The monoisotopic (exact) mass is 140 g/mol. The second-order valence-corrected chi connectivity index (χ2v) is 2.08. The van der Waals surface area contributed by atoms with Gasteiger partial charge in [-0.25, -0.2) is 0 Å². The summed E-state index contributed by atoms with van der Waals surface area (Å²) in [7, 11) is 0. The van der Waals surface area contributed by atoms with E-state index in [1.54, 1.807) is 6.20 Å². The highest BCUT2D eigenvalue weighted by atomic mass is 15.3. The van der Waals surface area contributed by atoms with Gasteiger partial charge >= 0.3 is 0 Å². The minimum absolute atomic E-state index is 0.833. The van der Waals surface area contributed by atoms with Crippen molar-refractivity contribution in [2.45, 2.75) is 13.0 Å². The molecule has 1 rings (SSSR count). The molecule has 0 atom stereocenters. The first-order valence-electron chi connectivity index (χ1n) is 3.34. The molecule has 56 valence electrons. The van der Waals surface area contributed by atoms with E-state index < -0.39 is 0 Å². The summed E-state index contributed by atoms with van der Waals surface area (Å²) in [6.07, 6.45) is 4.73. The van der Waals surface area contributed by atoms with Gasteiger partial charge in [-0.3, -0.25) is 16.0 Å². The lowest BCUT2D eigenvalue weighted by Gasteiger charge is -1.98. The summed E-state index contributed by atoms with van der Waals surface area (Å²) in [4.78, 5) is 0. The Balaban J connectivity index is 2.15. The summed E-state index contributed by atoms with van der Waals surface area (Å²) in [5.41, 5.74) is 2.59. The summed E-state index contributed by atoms with van der Waals surface area (Å²) >= 11 is 0.